The topological polar surface area (TPSA) is 97.6 Å². The Hall–Kier alpha value is -3.13. The van der Waals surface area contributed by atoms with Crippen molar-refractivity contribution in [2.24, 2.45) is 0 Å². The van der Waals surface area contributed by atoms with E-state index in [1.807, 2.05) is 43.5 Å². The van der Waals surface area contributed by atoms with Crippen LogP contribution in [0, 0.1) is 13.8 Å². The van der Waals surface area contributed by atoms with E-state index in [1.54, 1.807) is 11.3 Å². The van der Waals surface area contributed by atoms with E-state index < -0.39 is 24.5 Å². The summed E-state index contributed by atoms with van der Waals surface area (Å²) in [6.45, 7) is 3.86. The Balaban J connectivity index is 1.41. The standard InChI is InChI=1S/C21H22N2O5S/c1-13-8-17-15(11-27-18(17)9-14(13)2)10-20(25)28-12-19(24)23-21(26)22-6-5-16-4-3-7-29-16/h3-4,7-9,11H,5-6,10,12H2,1-2H3,(H2,22,23,24,26). The average Bonchev–Trinajstić information content (AvgIpc) is 3.31. The van der Waals surface area contributed by atoms with Gasteiger partial charge in [-0.15, -0.1) is 11.3 Å². The summed E-state index contributed by atoms with van der Waals surface area (Å²) >= 11 is 1.60. The second-order valence-electron chi connectivity index (χ2n) is 6.66. The number of nitrogens with one attached hydrogen (secondary N) is 2. The second kappa shape index (κ2) is 9.38. The molecule has 0 saturated carbocycles. The Morgan fingerprint density at radius 3 is 2.72 bits per heavy atom. The van der Waals surface area contributed by atoms with E-state index in [9.17, 15) is 14.4 Å². The van der Waals surface area contributed by atoms with Crippen LogP contribution in [0.2, 0.25) is 0 Å². The third-order valence-electron chi connectivity index (χ3n) is 4.46. The van der Waals surface area contributed by atoms with E-state index in [0.29, 0.717) is 24.1 Å². The number of amides is 3. The number of hydrogen-bond donors (Lipinski definition) is 2. The molecule has 8 heteroatoms. The minimum Gasteiger partial charge on any atom is -0.464 e. The molecule has 3 aromatic rings. The first kappa shape index (κ1) is 20.6. The van der Waals surface area contributed by atoms with Crippen molar-refractivity contribution in [2.45, 2.75) is 26.7 Å². The molecule has 3 rings (SSSR count). The normalized spacial score (nSPS) is 10.7. The molecule has 0 aliphatic carbocycles. The first-order chi connectivity index (χ1) is 13.9. The number of urea groups is 1. The number of imide groups is 1. The van der Waals surface area contributed by atoms with Crippen LogP contribution < -0.4 is 10.6 Å². The van der Waals surface area contributed by atoms with Gasteiger partial charge < -0.3 is 14.5 Å². The van der Waals surface area contributed by atoms with Crippen LogP contribution in [0.5, 0.6) is 0 Å². The molecule has 7 nitrogen and oxygen atoms in total. The van der Waals surface area contributed by atoms with Crippen LogP contribution in [0.3, 0.4) is 0 Å². The van der Waals surface area contributed by atoms with Gasteiger partial charge in [-0.05, 0) is 55.0 Å². The van der Waals surface area contributed by atoms with Crippen LogP contribution in [0.1, 0.15) is 21.6 Å². The number of hydrogen-bond acceptors (Lipinski definition) is 6. The monoisotopic (exact) mass is 414 g/mol. The van der Waals surface area contributed by atoms with Gasteiger partial charge in [-0.2, -0.15) is 0 Å². The Morgan fingerprint density at radius 1 is 1.17 bits per heavy atom. The summed E-state index contributed by atoms with van der Waals surface area (Å²) in [6.07, 6.45) is 2.19. The molecule has 0 aliphatic heterocycles. The number of fused-ring (bicyclic) bond motifs is 1. The van der Waals surface area contributed by atoms with Crippen LogP contribution in [0.15, 0.2) is 40.3 Å². The van der Waals surface area contributed by atoms with Gasteiger partial charge in [0.1, 0.15) is 5.58 Å². The van der Waals surface area contributed by atoms with Crippen molar-refractivity contribution in [3.63, 3.8) is 0 Å². The van der Waals surface area contributed by atoms with E-state index in [1.165, 1.54) is 6.26 Å². The molecule has 152 valence electrons. The molecule has 0 aliphatic rings. The number of benzene rings is 1. The molecule has 2 heterocycles. The summed E-state index contributed by atoms with van der Waals surface area (Å²) in [5, 5.41) is 7.53. The number of rotatable bonds is 7. The molecule has 0 radical (unpaired) electrons. The molecule has 0 bridgehead atoms. The summed E-state index contributed by atoms with van der Waals surface area (Å²) in [4.78, 5) is 36.7. The van der Waals surface area contributed by atoms with Crippen LogP contribution in [0.4, 0.5) is 4.79 Å². The lowest BCUT2D eigenvalue weighted by Gasteiger charge is -2.07. The second-order valence-corrected chi connectivity index (χ2v) is 7.70. The van der Waals surface area contributed by atoms with Crippen LogP contribution in [-0.2, 0) is 27.2 Å². The first-order valence-corrected chi connectivity index (χ1v) is 10.0. The van der Waals surface area contributed by atoms with Crippen molar-refractivity contribution >= 4 is 40.2 Å². The Kier molecular flexibility index (Phi) is 6.66. The predicted molar refractivity (Wildman–Crippen MR) is 110 cm³/mol. The molecular formula is C21H22N2O5S. The van der Waals surface area contributed by atoms with Crippen molar-refractivity contribution < 1.29 is 23.5 Å². The highest BCUT2D eigenvalue weighted by Gasteiger charge is 2.15. The summed E-state index contributed by atoms with van der Waals surface area (Å²) < 4.78 is 10.5. The van der Waals surface area contributed by atoms with Crippen molar-refractivity contribution in [1.29, 1.82) is 0 Å². The third-order valence-corrected chi connectivity index (χ3v) is 5.40. The zero-order valence-corrected chi connectivity index (χ0v) is 17.1. The molecule has 2 N–H and O–H groups in total. The van der Waals surface area contributed by atoms with Gasteiger partial charge in [-0.1, -0.05) is 6.07 Å². The van der Waals surface area contributed by atoms with Gasteiger partial charge >= 0.3 is 12.0 Å². The van der Waals surface area contributed by atoms with E-state index in [4.69, 9.17) is 9.15 Å². The molecule has 3 amide bonds. The smallest absolute Gasteiger partial charge is 0.321 e. The highest BCUT2D eigenvalue weighted by Crippen LogP contribution is 2.25. The molecule has 1 aromatic carbocycles. The van der Waals surface area contributed by atoms with Crippen LogP contribution in [0.25, 0.3) is 11.0 Å². The molecule has 29 heavy (non-hydrogen) atoms. The summed E-state index contributed by atoms with van der Waals surface area (Å²) in [7, 11) is 0. The molecular weight excluding hydrogens is 392 g/mol. The van der Waals surface area contributed by atoms with Gasteiger partial charge in [-0.3, -0.25) is 14.9 Å². The lowest BCUT2D eigenvalue weighted by Crippen LogP contribution is -2.42. The minimum absolute atomic E-state index is 0.0181. The number of carbonyl (C=O) groups excluding carboxylic acids is 3. The molecule has 0 unspecified atom stereocenters. The minimum atomic E-state index is -0.685. The number of carbonyl (C=O) groups is 3. The van der Waals surface area contributed by atoms with Gasteiger partial charge in [-0.25, -0.2) is 4.79 Å². The summed E-state index contributed by atoms with van der Waals surface area (Å²) in [5.41, 5.74) is 3.59. The summed E-state index contributed by atoms with van der Waals surface area (Å²) in [6, 6.07) is 7.18. The van der Waals surface area contributed by atoms with Gasteiger partial charge in [0.15, 0.2) is 6.61 Å². The largest absolute Gasteiger partial charge is 0.464 e. The highest BCUT2D eigenvalue weighted by molar-refractivity contribution is 7.09. The zero-order chi connectivity index (χ0) is 20.8. The number of aryl methyl sites for hydroxylation is 2. The van der Waals surface area contributed by atoms with Crippen molar-refractivity contribution in [2.75, 3.05) is 13.2 Å². The zero-order valence-electron chi connectivity index (χ0n) is 16.2. The van der Waals surface area contributed by atoms with Gasteiger partial charge in [0.05, 0.1) is 12.7 Å². The van der Waals surface area contributed by atoms with Crippen molar-refractivity contribution in [3.8, 4) is 0 Å². The first-order valence-electron chi connectivity index (χ1n) is 9.15. The highest BCUT2D eigenvalue weighted by atomic mass is 32.1. The fourth-order valence-electron chi connectivity index (χ4n) is 2.79. The fraction of sp³-hybridized carbons (Fsp3) is 0.286. The Bertz CT molecular complexity index is 1020. The molecule has 2 aromatic heterocycles. The molecule has 0 spiro atoms. The quantitative estimate of drug-likeness (QED) is 0.579. The maximum Gasteiger partial charge on any atom is 0.321 e. The van der Waals surface area contributed by atoms with Gasteiger partial charge in [0.25, 0.3) is 5.91 Å². The predicted octanol–water partition coefficient (Wildman–Crippen LogP) is 3.27. The number of furan rings is 1. The van der Waals surface area contributed by atoms with E-state index >= 15 is 0 Å². The Morgan fingerprint density at radius 2 is 1.97 bits per heavy atom. The summed E-state index contributed by atoms with van der Waals surface area (Å²) in [5.74, 6) is -1.25. The number of ether oxygens (including phenoxy) is 1. The lowest BCUT2D eigenvalue weighted by atomic mass is 10.0. The fourth-order valence-corrected chi connectivity index (χ4v) is 3.50. The number of esters is 1. The van der Waals surface area contributed by atoms with Crippen molar-refractivity contribution in [3.05, 3.63) is 57.5 Å². The van der Waals surface area contributed by atoms with Gasteiger partial charge in [0.2, 0.25) is 0 Å². The number of thiophene rings is 1. The molecule has 0 fully saturated rings. The van der Waals surface area contributed by atoms with E-state index in [0.717, 1.165) is 21.4 Å². The maximum absolute atomic E-state index is 12.1. The van der Waals surface area contributed by atoms with E-state index in [-0.39, 0.29) is 6.42 Å². The van der Waals surface area contributed by atoms with E-state index in [2.05, 4.69) is 10.6 Å². The lowest BCUT2D eigenvalue weighted by molar-refractivity contribution is -0.147. The van der Waals surface area contributed by atoms with Crippen LogP contribution >= 0.6 is 11.3 Å². The van der Waals surface area contributed by atoms with Crippen molar-refractivity contribution in [1.82, 2.24) is 10.6 Å². The maximum atomic E-state index is 12.1. The molecule has 0 saturated heterocycles. The SMILES string of the molecule is Cc1cc2occ(CC(=O)OCC(=O)NC(=O)NCCc3cccs3)c2cc1C. The average molecular weight is 414 g/mol. The Labute approximate surface area is 172 Å². The van der Waals surface area contributed by atoms with Gasteiger partial charge in [0, 0.05) is 22.4 Å². The van der Waals surface area contributed by atoms with Crippen LogP contribution in [-0.4, -0.2) is 31.1 Å². The molecule has 0 atom stereocenters. The third kappa shape index (κ3) is 5.68.